The van der Waals surface area contributed by atoms with Gasteiger partial charge >= 0.3 is 0 Å². The second-order valence-electron chi connectivity index (χ2n) is 4.41. The summed E-state index contributed by atoms with van der Waals surface area (Å²) in [6, 6.07) is 7.02. The van der Waals surface area contributed by atoms with Crippen LogP contribution in [0.15, 0.2) is 30.6 Å². The van der Waals surface area contributed by atoms with Crippen LogP contribution in [0.2, 0.25) is 5.02 Å². The molecule has 0 saturated carbocycles. The van der Waals surface area contributed by atoms with E-state index in [1.165, 1.54) is 0 Å². The number of aromatic nitrogens is 3. The molecule has 1 aromatic carbocycles. The molecule has 1 atom stereocenters. The summed E-state index contributed by atoms with van der Waals surface area (Å²) in [7, 11) is 1.87. The van der Waals surface area contributed by atoms with Crippen LogP contribution in [-0.2, 0) is 13.6 Å². The molecule has 0 aliphatic rings. The molecule has 2 rings (SSSR count). The largest absolute Gasteiger partial charge is 0.491 e. The summed E-state index contributed by atoms with van der Waals surface area (Å²) in [5.41, 5.74) is 0. The predicted molar refractivity (Wildman–Crippen MR) is 75.7 cm³/mol. The van der Waals surface area contributed by atoms with Crippen molar-refractivity contribution in [1.82, 2.24) is 20.1 Å². The lowest BCUT2D eigenvalue weighted by molar-refractivity contribution is 0.106. The number of rotatable bonds is 7. The molecular weight excluding hydrogens is 280 g/mol. The SMILES string of the molecule is Cn1cnnc1CNCC(O)COc1ccc(Cl)cc1. The van der Waals surface area contributed by atoms with Crippen molar-refractivity contribution >= 4 is 11.6 Å². The number of ether oxygens (including phenoxy) is 1. The zero-order valence-electron chi connectivity index (χ0n) is 11.2. The van der Waals surface area contributed by atoms with Crippen LogP contribution in [0.1, 0.15) is 5.82 Å². The third kappa shape index (κ3) is 4.48. The smallest absolute Gasteiger partial charge is 0.146 e. The van der Waals surface area contributed by atoms with E-state index in [9.17, 15) is 5.11 Å². The fourth-order valence-electron chi connectivity index (χ4n) is 1.60. The van der Waals surface area contributed by atoms with E-state index in [-0.39, 0.29) is 6.61 Å². The van der Waals surface area contributed by atoms with Gasteiger partial charge in [-0.3, -0.25) is 0 Å². The Morgan fingerprint density at radius 2 is 2.15 bits per heavy atom. The summed E-state index contributed by atoms with van der Waals surface area (Å²) in [4.78, 5) is 0. The van der Waals surface area contributed by atoms with Gasteiger partial charge in [-0.2, -0.15) is 0 Å². The summed E-state index contributed by atoms with van der Waals surface area (Å²) in [5, 5.41) is 21.3. The lowest BCUT2D eigenvalue weighted by Crippen LogP contribution is -2.31. The number of aryl methyl sites for hydroxylation is 1. The van der Waals surface area contributed by atoms with E-state index >= 15 is 0 Å². The maximum atomic E-state index is 9.81. The molecule has 2 aromatic rings. The molecule has 0 radical (unpaired) electrons. The Hall–Kier alpha value is -1.63. The van der Waals surface area contributed by atoms with Crippen molar-refractivity contribution in [2.75, 3.05) is 13.2 Å². The Morgan fingerprint density at radius 1 is 1.40 bits per heavy atom. The first-order valence-corrected chi connectivity index (χ1v) is 6.63. The number of aliphatic hydroxyl groups is 1. The van der Waals surface area contributed by atoms with Crippen molar-refractivity contribution in [3.63, 3.8) is 0 Å². The highest BCUT2D eigenvalue weighted by Gasteiger charge is 2.06. The van der Waals surface area contributed by atoms with E-state index < -0.39 is 6.10 Å². The fourth-order valence-corrected chi connectivity index (χ4v) is 1.73. The second kappa shape index (κ2) is 7.23. The molecule has 0 bridgehead atoms. The molecule has 0 saturated heterocycles. The van der Waals surface area contributed by atoms with E-state index in [1.807, 2.05) is 11.6 Å². The van der Waals surface area contributed by atoms with Crippen LogP contribution in [0, 0.1) is 0 Å². The normalized spacial score (nSPS) is 12.3. The van der Waals surface area contributed by atoms with Crippen molar-refractivity contribution in [1.29, 1.82) is 0 Å². The van der Waals surface area contributed by atoms with Crippen molar-refractivity contribution in [3.05, 3.63) is 41.4 Å². The topological polar surface area (TPSA) is 72.2 Å². The Balaban J connectivity index is 1.66. The zero-order valence-corrected chi connectivity index (χ0v) is 11.9. The second-order valence-corrected chi connectivity index (χ2v) is 4.84. The van der Waals surface area contributed by atoms with Gasteiger partial charge < -0.3 is 19.7 Å². The minimum absolute atomic E-state index is 0.216. The number of nitrogens with zero attached hydrogens (tertiary/aromatic N) is 3. The average Bonchev–Trinajstić information content (AvgIpc) is 2.84. The van der Waals surface area contributed by atoms with Crippen LogP contribution >= 0.6 is 11.6 Å². The molecule has 2 N–H and O–H groups in total. The average molecular weight is 297 g/mol. The quantitative estimate of drug-likeness (QED) is 0.797. The van der Waals surface area contributed by atoms with Gasteiger partial charge in [0.25, 0.3) is 0 Å². The minimum atomic E-state index is -0.598. The van der Waals surface area contributed by atoms with E-state index in [0.29, 0.717) is 23.9 Å². The lowest BCUT2D eigenvalue weighted by atomic mass is 10.3. The summed E-state index contributed by atoms with van der Waals surface area (Å²) in [6.07, 6.45) is 1.04. The summed E-state index contributed by atoms with van der Waals surface area (Å²) >= 11 is 5.78. The number of hydrogen-bond donors (Lipinski definition) is 2. The summed E-state index contributed by atoms with van der Waals surface area (Å²) in [5.74, 6) is 1.50. The molecule has 1 aromatic heterocycles. The number of benzene rings is 1. The van der Waals surface area contributed by atoms with Crippen LogP contribution in [0.5, 0.6) is 5.75 Å². The van der Waals surface area contributed by atoms with Gasteiger partial charge in [0.1, 0.15) is 30.6 Å². The van der Waals surface area contributed by atoms with Gasteiger partial charge in [0.05, 0.1) is 6.54 Å². The fraction of sp³-hybridized carbons (Fsp3) is 0.385. The number of aliphatic hydroxyl groups excluding tert-OH is 1. The molecule has 0 amide bonds. The van der Waals surface area contributed by atoms with Crippen LogP contribution in [-0.4, -0.2) is 39.1 Å². The van der Waals surface area contributed by atoms with Gasteiger partial charge in [0.15, 0.2) is 0 Å². The van der Waals surface area contributed by atoms with Gasteiger partial charge in [-0.15, -0.1) is 10.2 Å². The Bertz CT molecular complexity index is 529. The highest BCUT2D eigenvalue weighted by Crippen LogP contribution is 2.15. The molecule has 0 aliphatic heterocycles. The first-order valence-electron chi connectivity index (χ1n) is 6.25. The first-order chi connectivity index (χ1) is 9.65. The van der Waals surface area contributed by atoms with Gasteiger partial charge in [-0.25, -0.2) is 0 Å². The van der Waals surface area contributed by atoms with Crippen molar-refractivity contribution in [3.8, 4) is 5.75 Å². The summed E-state index contributed by atoms with van der Waals surface area (Å²) in [6.45, 7) is 1.18. The van der Waals surface area contributed by atoms with Crippen LogP contribution in [0.3, 0.4) is 0 Å². The van der Waals surface area contributed by atoms with Crippen molar-refractivity contribution in [2.45, 2.75) is 12.6 Å². The molecule has 20 heavy (non-hydrogen) atoms. The molecule has 6 nitrogen and oxygen atoms in total. The highest BCUT2D eigenvalue weighted by atomic mass is 35.5. The van der Waals surface area contributed by atoms with Crippen LogP contribution in [0.4, 0.5) is 0 Å². The monoisotopic (exact) mass is 296 g/mol. The Morgan fingerprint density at radius 3 is 2.80 bits per heavy atom. The third-order valence-corrected chi connectivity index (χ3v) is 2.98. The van der Waals surface area contributed by atoms with Crippen molar-refractivity contribution in [2.24, 2.45) is 7.05 Å². The van der Waals surface area contributed by atoms with Gasteiger partial charge in [0, 0.05) is 18.6 Å². The molecule has 108 valence electrons. The number of halogens is 1. The lowest BCUT2D eigenvalue weighted by Gasteiger charge is -2.13. The molecule has 0 aliphatic carbocycles. The predicted octanol–water partition coefficient (Wildman–Crippen LogP) is 0.998. The number of hydrogen-bond acceptors (Lipinski definition) is 5. The van der Waals surface area contributed by atoms with E-state index in [1.54, 1.807) is 30.6 Å². The maximum Gasteiger partial charge on any atom is 0.146 e. The molecule has 7 heteroatoms. The van der Waals surface area contributed by atoms with Gasteiger partial charge in [-0.05, 0) is 24.3 Å². The van der Waals surface area contributed by atoms with Gasteiger partial charge in [-0.1, -0.05) is 11.6 Å². The van der Waals surface area contributed by atoms with Gasteiger partial charge in [0.2, 0.25) is 0 Å². The Kier molecular flexibility index (Phi) is 5.34. The zero-order chi connectivity index (χ0) is 14.4. The van der Waals surface area contributed by atoms with Crippen LogP contribution < -0.4 is 10.1 Å². The molecule has 1 heterocycles. The maximum absolute atomic E-state index is 9.81. The standard InChI is InChI=1S/C13H17ClN4O2/c1-18-9-16-17-13(18)7-15-6-11(19)8-20-12-4-2-10(14)3-5-12/h2-5,9,11,15,19H,6-8H2,1H3. The first kappa shape index (κ1) is 14.8. The molecule has 0 fully saturated rings. The highest BCUT2D eigenvalue weighted by molar-refractivity contribution is 6.30. The molecular formula is C13H17ClN4O2. The van der Waals surface area contributed by atoms with E-state index in [2.05, 4.69) is 15.5 Å². The molecule has 0 spiro atoms. The Labute approximate surface area is 122 Å². The molecule has 1 unspecified atom stereocenters. The summed E-state index contributed by atoms with van der Waals surface area (Å²) < 4.78 is 7.28. The third-order valence-electron chi connectivity index (χ3n) is 2.72. The minimum Gasteiger partial charge on any atom is -0.491 e. The van der Waals surface area contributed by atoms with E-state index in [4.69, 9.17) is 16.3 Å². The number of nitrogens with one attached hydrogen (secondary N) is 1. The van der Waals surface area contributed by atoms with Crippen molar-refractivity contribution < 1.29 is 9.84 Å². The van der Waals surface area contributed by atoms with E-state index in [0.717, 1.165) is 5.82 Å². The van der Waals surface area contributed by atoms with Crippen LogP contribution in [0.25, 0.3) is 0 Å².